The molecule has 0 amide bonds. The van der Waals surface area contributed by atoms with Gasteiger partial charge in [0.25, 0.3) is 0 Å². The number of rotatable bonds is 9. The van der Waals surface area contributed by atoms with Gasteiger partial charge in [0.1, 0.15) is 6.61 Å². The Morgan fingerprint density at radius 1 is 1.17 bits per heavy atom. The molecule has 106 valence electrons. The maximum absolute atomic E-state index is 11.0. The Kier molecular flexibility index (Phi) is 8.57. The molecule has 18 heavy (non-hydrogen) atoms. The van der Waals surface area contributed by atoms with Crippen molar-refractivity contribution in [2.45, 2.75) is 46.6 Å². The number of ether oxygens (including phenoxy) is 4. The van der Waals surface area contributed by atoms with E-state index in [2.05, 4.69) is 6.58 Å². The van der Waals surface area contributed by atoms with Gasteiger partial charge in [-0.05, 0) is 27.7 Å². The Labute approximate surface area is 107 Å². The van der Waals surface area contributed by atoms with Gasteiger partial charge in [-0.3, -0.25) is 0 Å². The fourth-order valence-corrected chi connectivity index (χ4v) is 1.09. The highest BCUT2D eigenvalue weighted by molar-refractivity contribution is 5.86. The molecule has 3 atom stereocenters. The molecule has 0 aliphatic rings. The van der Waals surface area contributed by atoms with Crippen molar-refractivity contribution in [1.29, 1.82) is 0 Å². The van der Waals surface area contributed by atoms with Crippen molar-refractivity contribution < 1.29 is 28.8 Å². The van der Waals surface area contributed by atoms with Gasteiger partial charge in [-0.25, -0.2) is 4.79 Å². The largest absolute Gasteiger partial charge is 0.460 e. The Morgan fingerprint density at radius 2 is 1.78 bits per heavy atom. The third-order valence-corrected chi connectivity index (χ3v) is 1.79. The van der Waals surface area contributed by atoms with E-state index in [4.69, 9.17) is 24.1 Å². The number of carbonyl (C=O) groups excluding carboxylic acids is 1. The van der Waals surface area contributed by atoms with E-state index >= 15 is 0 Å². The quantitative estimate of drug-likeness (QED) is 0.291. The minimum atomic E-state index is -0.899. The molecule has 0 aliphatic heterocycles. The molecule has 0 heterocycles. The molecule has 0 aromatic carbocycles. The Hall–Kier alpha value is -0.950. The zero-order valence-corrected chi connectivity index (χ0v) is 11.3. The lowest BCUT2D eigenvalue weighted by Crippen LogP contribution is -2.26. The molecule has 0 aromatic rings. The minimum absolute atomic E-state index is 0.130. The molecule has 3 unspecified atom stereocenters. The van der Waals surface area contributed by atoms with Crippen LogP contribution in [0.25, 0.3) is 0 Å². The van der Waals surface area contributed by atoms with E-state index in [1.807, 2.05) is 0 Å². The molecule has 0 rings (SSSR count). The van der Waals surface area contributed by atoms with Crippen LogP contribution in [0, 0.1) is 0 Å². The summed E-state index contributed by atoms with van der Waals surface area (Å²) >= 11 is 0. The first kappa shape index (κ1) is 17.1. The number of aliphatic hydroxyl groups excluding tert-OH is 1. The molecule has 0 radical (unpaired) electrons. The fraction of sp³-hybridized carbons (Fsp3) is 0.750. The smallest absolute Gasteiger partial charge is 0.333 e. The molecule has 0 saturated carbocycles. The lowest BCUT2D eigenvalue weighted by Gasteiger charge is -2.20. The molecule has 0 aromatic heterocycles. The zero-order valence-electron chi connectivity index (χ0n) is 11.3. The van der Waals surface area contributed by atoms with Crippen LogP contribution >= 0.6 is 0 Å². The molecular weight excluding hydrogens is 240 g/mol. The molecule has 0 fully saturated rings. The van der Waals surface area contributed by atoms with E-state index in [-0.39, 0.29) is 13.2 Å². The molecule has 6 heteroatoms. The highest BCUT2D eigenvalue weighted by Crippen LogP contribution is 2.03. The van der Waals surface area contributed by atoms with Crippen LogP contribution in [0.15, 0.2) is 12.2 Å². The lowest BCUT2D eigenvalue weighted by atomic mass is 10.4. The molecule has 6 nitrogen and oxygen atoms in total. The van der Waals surface area contributed by atoms with Crippen molar-refractivity contribution >= 4 is 5.97 Å². The third-order valence-electron chi connectivity index (χ3n) is 1.79. The van der Waals surface area contributed by atoms with E-state index < -0.39 is 24.8 Å². The standard InChI is InChI=1S/C12H22O6/c1-8(2)12(14)16-7-6-15-10(4)18-11(5)17-9(3)13/h9-11,13H,1,6-7H2,2-5H3. The normalized spacial score (nSPS) is 15.8. The summed E-state index contributed by atoms with van der Waals surface area (Å²) in [4.78, 5) is 11.0. The second kappa shape index (κ2) is 9.04. The van der Waals surface area contributed by atoms with Crippen LogP contribution in [-0.4, -0.2) is 43.2 Å². The van der Waals surface area contributed by atoms with Crippen LogP contribution in [-0.2, 0) is 23.7 Å². The van der Waals surface area contributed by atoms with Gasteiger partial charge in [0.2, 0.25) is 0 Å². The highest BCUT2D eigenvalue weighted by Gasteiger charge is 2.11. The van der Waals surface area contributed by atoms with Crippen LogP contribution in [0.3, 0.4) is 0 Å². The maximum atomic E-state index is 11.0. The first-order valence-electron chi connectivity index (χ1n) is 5.76. The van der Waals surface area contributed by atoms with E-state index in [1.165, 1.54) is 6.92 Å². The average molecular weight is 262 g/mol. The first-order valence-corrected chi connectivity index (χ1v) is 5.76. The second-order valence-electron chi connectivity index (χ2n) is 3.79. The van der Waals surface area contributed by atoms with E-state index in [0.29, 0.717) is 5.57 Å². The summed E-state index contributed by atoms with van der Waals surface area (Å²) in [6, 6.07) is 0. The van der Waals surface area contributed by atoms with Crippen molar-refractivity contribution in [3.8, 4) is 0 Å². The van der Waals surface area contributed by atoms with Crippen molar-refractivity contribution in [2.24, 2.45) is 0 Å². The van der Waals surface area contributed by atoms with Gasteiger partial charge < -0.3 is 24.1 Å². The molecule has 1 N–H and O–H groups in total. The van der Waals surface area contributed by atoms with Gasteiger partial charge in [0.05, 0.1) is 6.61 Å². The summed E-state index contributed by atoms with van der Waals surface area (Å²) in [5, 5.41) is 8.95. The zero-order chi connectivity index (χ0) is 14.1. The number of aliphatic hydroxyl groups is 1. The number of esters is 1. The summed E-state index contributed by atoms with van der Waals surface area (Å²) in [5.74, 6) is -0.446. The number of hydrogen-bond donors (Lipinski definition) is 1. The molecule has 0 saturated heterocycles. The predicted molar refractivity (Wildman–Crippen MR) is 64.5 cm³/mol. The van der Waals surface area contributed by atoms with Gasteiger partial charge in [-0.1, -0.05) is 6.58 Å². The fourth-order valence-electron chi connectivity index (χ4n) is 1.09. The maximum Gasteiger partial charge on any atom is 0.333 e. The SMILES string of the molecule is C=C(C)C(=O)OCCOC(C)OC(C)OC(C)O. The Morgan fingerprint density at radius 3 is 2.28 bits per heavy atom. The number of carbonyl (C=O) groups is 1. The minimum Gasteiger partial charge on any atom is -0.460 e. The van der Waals surface area contributed by atoms with E-state index in [9.17, 15) is 4.79 Å². The summed E-state index contributed by atoms with van der Waals surface area (Å²) in [6.45, 7) is 10.2. The van der Waals surface area contributed by atoms with Crippen LogP contribution in [0.1, 0.15) is 27.7 Å². The highest BCUT2D eigenvalue weighted by atomic mass is 16.8. The van der Waals surface area contributed by atoms with E-state index in [0.717, 1.165) is 0 Å². The summed E-state index contributed by atoms with van der Waals surface area (Å²) in [6.07, 6.45) is -2.01. The summed E-state index contributed by atoms with van der Waals surface area (Å²) in [7, 11) is 0. The van der Waals surface area contributed by atoms with Gasteiger partial charge >= 0.3 is 5.97 Å². The molecule has 0 spiro atoms. The second-order valence-corrected chi connectivity index (χ2v) is 3.79. The average Bonchev–Trinajstić information content (AvgIpc) is 2.22. The molecular formula is C12H22O6. The van der Waals surface area contributed by atoms with Crippen LogP contribution in [0.5, 0.6) is 0 Å². The van der Waals surface area contributed by atoms with Crippen molar-refractivity contribution in [2.75, 3.05) is 13.2 Å². The Balaban J connectivity index is 3.62. The van der Waals surface area contributed by atoms with Crippen molar-refractivity contribution in [3.05, 3.63) is 12.2 Å². The van der Waals surface area contributed by atoms with Gasteiger partial charge in [0, 0.05) is 5.57 Å². The van der Waals surface area contributed by atoms with Crippen molar-refractivity contribution in [1.82, 2.24) is 0 Å². The van der Waals surface area contributed by atoms with E-state index in [1.54, 1.807) is 20.8 Å². The summed E-state index contributed by atoms with van der Waals surface area (Å²) < 4.78 is 20.3. The van der Waals surface area contributed by atoms with Crippen LogP contribution < -0.4 is 0 Å². The van der Waals surface area contributed by atoms with Crippen molar-refractivity contribution in [3.63, 3.8) is 0 Å². The number of hydrogen-bond acceptors (Lipinski definition) is 6. The molecule has 0 aliphatic carbocycles. The van der Waals surface area contributed by atoms with Gasteiger partial charge in [0.15, 0.2) is 18.9 Å². The van der Waals surface area contributed by atoms with Crippen LogP contribution in [0.4, 0.5) is 0 Å². The topological polar surface area (TPSA) is 74.2 Å². The summed E-state index contributed by atoms with van der Waals surface area (Å²) in [5.41, 5.74) is 0.346. The monoisotopic (exact) mass is 262 g/mol. The third kappa shape index (κ3) is 9.12. The predicted octanol–water partition coefficient (Wildman–Crippen LogP) is 1.19. The Bertz CT molecular complexity index is 263. The first-order chi connectivity index (χ1) is 8.32. The van der Waals surface area contributed by atoms with Gasteiger partial charge in [-0.2, -0.15) is 0 Å². The van der Waals surface area contributed by atoms with Crippen LogP contribution in [0.2, 0.25) is 0 Å². The molecule has 0 bridgehead atoms. The lowest BCUT2D eigenvalue weighted by molar-refractivity contribution is -0.271. The van der Waals surface area contributed by atoms with Gasteiger partial charge in [-0.15, -0.1) is 0 Å².